The number of amides is 1. The number of halogens is 2. The van der Waals surface area contributed by atoms with Gasteiger partial charge in [-0.05, 0) is 59.9 Å². The standard InChI is InChI=1S/C32H33Cl2N3O6/c33-20-12-13-24(25(34)15-20)31-30(28(38)16-36-43-17-19-6-5-7-21(14-19)42-18-29(39)40)22-8-1-2-9-23(22)32(41)37(31)27-11-4-3-10-26(27)35/h1-2,5-9,12-15,26-27,30-31,36H,3-4,10-11,16-18,35H2,(H,39,40)/t26-,27-,30-,31-/m0/s1. The minimum atomic E-state index is -1.07. The van der Waals surface area contributed by atoms with E-state index in [1.54, 1.807) is 59.5 Å². The Morgan fingerprint density at radius 1 is 1.00 bits per heavy atom. The van der Waals surface area contributed by atoms with E-state index in [4.69, 9.17) is 43.6 Å². The molecule has 0 radical (unpaired) electrons. The van der Waals surface area contributed by atoms with E-state index in [1.807, 2.05) is 12.1 Å². The van der Waals surface area contributed by atoms with Crippen LogP contribution in [0.2, 0.25) is 10.0 Å². The summed E-state index contributed by atoms with van der Waals surface area (Å²) in [5, 5.41) is 9.66. The number of carbonyl (C=O) groups is 3. The van der Waals surface area contributed by atoms with Crippen LogP contribution >= 0.6 is 23.2 Å². The minimum Gasteiger partial charge on any atom is -0.482 e. The number of ketones is 1. The first-order valence-electron chi connectivity index (χ1n) is 14.2. The fourth-order valence-electron chi connectivity index (χ4n) is 6.06. The van der Waals surface area contributed by atoms with E-state index in [0.29, 0.717) is 32.5 Å². The number of nitrogens with two attached hydrogens (primary N) is 1. The van der Waals surface area contributed by atoms with Crippen LogP contribution in [-0.2, 0) is 21.0 Å². The SMILES string of the molecule is N[C@H]1CCCC[C@@H]1N1C(=O)c2ccccc2[C@@H](C(=O)CNOCc2cccc(OCC(=O)O)c2)[C@@H]1c1ccc(Cl)cc1Cl. The van der Waals surface area contributed by atoms with Gasteiger partial charge in [0, 0.05) is 27.7 Å². The highest BCUT2D eigenvalue weighted by Gasteiger charge is 2.48. The lowest BCUT2D eigenvalue weighted by atomic mass is 9.75. The third-order valence-electron chi connectivity index (χ3n) is 7.99. The number of carboxylic acid groups (broad SMARTS) is 1. The highest BCUT2D eigenvalue weighted by molar-refractivity contribution is 6.35. The average Bonchev–Trinajstić information content (AvgIpc) is 2.99. The first-order valence-corrected chi connectivity index (χ1v) is 14.9. The largest absolute Gasteiger partial charge is 0.482 e. The quantitative estimate of drug-likeness (QED) is 0.193. The van der Waals surface area contributed by atoms with Crippen molar-refractivity contribution in [2.75, 3.05) is 13.2 Å². The summed E-state index contributed by atoms with van der Waals surface area (Å²) in [7, 11) is 0. The lowest BCUT2D eigenvalue weighted by Crippen LogP contribution is -2.57. The Bertz CT molecular complexity index is 1500. The fraction of sp³-hybridized carbons (Fsp3) is 0.344. The van der Waals surface area contributed by atoms with Gasteiger partial charge in [-0.1, -0.05) is 72.4 Å². The number of carboxylic acids is 1. The predicted octanol–water partition coefficient (Wildman–Crippen LogP) is 5.30. The van der Waals surface area contributed by atoms with Crippen molar-refractivity contribution in [3.05, 3.63) is 99.0 Å². The number of aliphatic carboxylic acids is 1. The van der Waals surface area contributed by atoms with Crippen LogP contribution in [0.15, 0.2) is 66.7 Å². The van der Waals surface area contributed by atoms with E-state index in [-0.39, 0.29) is 36.9 Å². The maximum Gasteiger partial charge on any atom is 0.341 e. The molecule has 9 nitrogen and oxygen atoms in total. The number of fused-ring (bicyclic) bond motifs is 1. The van der Waals surface area contributed by atoms with E-state index in [1.165, 1.54) is 0 Å². The zero-order valence-electron chi connectivity index (χ0n) is 23.4. The zero-order valence-corrected chi connectivity index (χ0v) is 24.9. The average molecular weight is 627 g/mol. The third-order valence-corrected chi connectivity index (χ3v) is 8.55. The molecular weight excluding hydrogens is 593 g/mol. The van der Waals surface area contributed by atoms with Crippen molar-refractivity contribution in [3.63, 3.8) is 0 Å². The number of ether oxygens (including phenoxy) is 1. The smallest absolute Gasteiger partial charge is 0.341 e. The van der Waals surface area contributed by atoms with Crippen LogP contribution < -0.4 is 16.0 Å². The number of benzene rings is 3. The van der Waals surface area contributed by atoms with Crippen molar-refractivity contribution in [2.24, 2.45) is 5.73 Å². The van der Waals surface area contributed by atoms with Gasteiger partial charge in [-0.2, -0.15) is 5.48 Å². The van der Waals surface area contributed by atoms with Gasteiger partial charge < -0.3 is 20.5 Å². The summed E-state index contributed by atoms with van der Waals surface area (Å²) in [6.07, 6.45) is 3.43. The molecule has 5 rings (SSSR count). The molecule has 0 saturated heterocycles. The van der Waals surface area contributed by atoms with Crippen molar-refractivity contribution in [1.82, 2.24) is 10.4 Å². The van der Waals surface area contributed by atoms with Crippen LogP contribution in [0.4, 0.5) is 0 Å². The summed E-state index contributed by atoms with van der Waals surface area (Å²) in [6.45, 7) is -0.495. The molecule has 43 heavy (non-hydrogen) atoms. The van der Waals surface area contributed by atoms with E-state index < -0.39 is 24.5 Å². The number of nitrogens with zero attached hydrogens (tertiary/aromatic N) is 1. The monoisotopic (exact) mass is 625 g/mol. The van der Waals surface area contributed by atoms with Crippen molar-refractivity contribution in [1.29, 1.82) is 0 Å². The maximum atomic E-state index is 14.1. The molecule has 3 aromatic carbocycles. The van der Waals surface area contributed by atoms with Gasteiger partial charge in [-0.15, -0.1) is 0 Å². The molecule has 4 atom stereocenters. The Kier molecular flexibility index (Phi) is 10.00. The number of carbonyl (C=O) groups excluding carboxylic acids is 2. The molecule has 1 saturated carbocycles. The third kappa shape index (κ3) is 7.03. The van der Waals surface area contributed by atoms with Gasteiger partial charge in [-0.25, -0.2) is 4.79 Å². The summed E-state index contributed by atoms with van der Waals surface area (Å²) in [4.78, 5) is 46.4. The molecule has 2 aliphatic rings. The van der Waals surface area contributed by atoms with Gasteiger partial charge in [-0.3, -0.25) is 14.4 Å². The Morgan fingerprint density at radius 2 is 1.79 bits per heavy atom. The van der Waals surface area contributed by atoms with Crippen LogP contribution in [-0.4, -0.2) is 52.9 Å². The Morgan fingerprint density at radius 3 is 2.56 bits per heavy atom. The minimum absolute atomic E-state index is 0.104. The molecule has 1 heterocycles. The summed E-state index contributed by atoms with van der Waals surface area (Å²) in [5.41, 5.74) is 11.8. The number of nitrogens with one attached hydrogen (secondary N) is 1. The molecule has 1 fully saturated rings. The van der Waals surface area contributed by atoms with E-state index in [9.17, 15) is 14.4 Å². The highest BCUT2D eigenvalue weighted by Crippen LogP contribution is 2.47. The molecule has 11 heteroatoms. The molecule has 0 unspecified atom stereocenters. The second-order valence-corrected chi connectivity index (χ2v) is 11.7. The molecule has 1 aliphatic heterocycles. The van der Waals surface area contributed by atoms with Gasteiger partial charge >= 0.3 is 5.97 Å². The Labute approximate surface area is 259 Å². The molecule has 1 aliphatic carbocycles. The van der Waals surface area contributed by atoms with Gasteiger partial charge in [0.2, 0.25) is 0 Å². The fourth-order valence-corrected chi connectivity index (χ4v) is 6.58. The predicted molar refractivity (Wildman–Crippen MR) is 162 cm³/mol. The summed E-state index contributed by atoms with van der Waals surface area (Å²) < 4.78 is 5.22. The van der Waals surface area contributed by atoms with E-state index >= 15 is 0 Å². The van der Waals surface area contributed by atoms with Crippen LogP contribution in [0.25, 0.3) is 0 Å². The van der Waals surface area contributed by atoms with Crippen LogP contribution in [0.5, 0.6) is 5.75 Å². The number of Topliss-reactive ketones (excluding diaryl/α,β-unsaturated/α-hetero) is 1. The molecule has 3 aromatic rings. The number of hydrogen-bond acceptors (Lipinski definition) is 7. The normalized spacial score (nSPS) is 21.7. The van der Waals surface area contributed by atoms with Gasteiger partial charge in [0.25, 0.3) is 5.91 Å². The molecule has 1 amide bonds. The lowest BCUT2D eigenvalue weighted by molar-refractivity contribution is -0.139. The van der Waals surface area contributed by atoms with E-state index in [2.05, 4.69) is 5.48 Å². The summed E-state index contributed by atoms with van der Waals surface area (Å²) in [6, 6.07) is 17.9. The van der Waals surface area contributed by atoms with Crippen molar-refractivity contribution in [3.8, 4) is 5.75 Å². The second-order valence-electron chi connectivity index (χ2n) is 10.8. The van der Waals surface area contributed by atoms with Crippen LogP contribution in [0, 0.1) is 0 Å². The first-order chi connectivity index (χ1) is 20.7. The summed E-state index contributed by atoms with van der Waals surface area (Å²) >= 11 is 13.0. The molecule has 4 N–H and O–H groups in total. The van der Waals surface area contributed by atoms with Crippen LogP contribution in [0.3, 0.4) is 0 Å². The lowest BCUT2D eigenvalue weighted by Gasteiger charge is -2.48. The number of rotatable bonds is 11. The molecule has 0 spiro atoms. The maximum absolute atomic E-state index is 14.1. The van der Waals surface area contributed by atoms with Gasteiger partial charge in [0.1, 0.15) is 5.75 Å². The molecule has 0 aromatic heterocycles. The number of hydroxylamine groups is 1. The Hall–Kier alpha value is -3.47. The topological polar surface area (TPSA) is 131 Å². The summed E-state index contributed by atoms with van der Waals surface area (Å²) in [5.74, 6) is -1.79. The molecule has 226 valence electrons. The van der Waals surface area contributed by atoms with Crippen molar-refractivity contribution >= 4 is 40.9 Å². The van der Waals surface area contributed by atoms with Crippen molar-refractivity contribution < 1.29 is 29.1 Å². The zero-order chi connectivity index (χ0) is 30.5. The van der Waals surface area contributed by atoms with Gasteiger partial charge in [0.15, 0.2) is 12.4 Å². The highest BCUT2D eigenvalue weighted by atomic mass is 35.5. The van der Waals surface area contributed by atoms with Crippen LogP contribution in [0.1, 0.15) is 64.7 Å². The number of hydrogen-bond donors (Lipinski definition) is 3. The molecular formula is C32H33Cl2N3O6. The Balaban J connectivity index is 1.41. The van der Waals surface area contributed by atoms with Crippen molar-refractivity contribution in [2.45, 2.75) is 56.3 Å². The van der Waals surface area contributed by atoms with Gasteiger partial charge in [0.05, 0.1) is 25.1 Å². The second kappa shape index (κ2) is 13.9. The first kappa shape index (κ1) is 31.0. The van der Waals surface area contributed by atoms with E-state index in [0.717, 1.165) is 31.2 Å². The molecule has 0 bridgehead atoms.